The molecule has 0 radical (unpaired) electrons. The molecular weight excluding hydrogens is 214 g/mol. The standard InChI is InChI=1S/C11H12ClNO2/c12-8-1-2-10-9(6-8)7(3-4-15-10)5-11(13)14/h1-2,6-7H,3-5H2,(H2,13,14). The SMILES string of the molecule is NC(=O)CC1CCOc2ccc(Cl)cc21. The van der Waals surface area contributed by atoms with Crippen molar-refractivity contribution in [1.82, 2.24) is 0 Å². The number of hydrogen-bond acceptors (Lipinski definition) is 2. The number of nitrogens with two attached hydrogens (primary N) is 1. The Morgan fingerprint density at radius 1 is 1.60 bits per heavy atom. The number of benzene rings is 1. The highest BCUT2D eigenvalue weighted by Gasteiger charge is 2.23. The van der Waals surface area contributed by atoms with Crippen molar-refractivity contribution in [3.05, 3.63) is 28.8 Å². The van der Waals surface area contributed by atoms with Crippen LogP contribution in [0.2, 0.25) is 5.02 Å². The number of fused-ring (bicyclic) bond motifs is 1. The summed E-state index contributed by atoms with van der Waals surface area (Å²) < 4.78 is 5.48. The van der Waals surface area contributed by atoms with Gasteiger partial charge in [0, 0.05) is 11.4 Å². The lowest BCUT2D eigenvalue weighted by molar-refractivity contribution is -0.118. The molecule has 4 heteroatoms. The fourth-order valence-corrected chi connectivity index (χ4v) is 2.07. The highest BCUT2D eigenvalue weighted by atomic mass is 35.5. The van der Waals surface area contributed by atoms with Crippen LogP contribution >= 0.6 is 11.6 Å². The van der Waals surface area contributed by atoms with Crippen LogP contribution < -0.4 is 10.5 Å². The number of rotatable bonds is 2. The van der Waals surface area contributed by atoms with E-state index >= 15 is 0 Å². The summed E-state index contributed by atoms with van der Waals surface area (Å²) in [7, 11) is 0. The Morgan fingerprint density at radius 2 is 2.40 bits per heavy atom. The van der Waals surface area contributed by atoms with Crippen molar-refractivity contribution in [3.63, 3.8) is 0 Å². The molecule has 3 nitrogen and oxygen atoms in total. The summed E-state index contributed by atoms with van der Waals surface area (Å²) in [6, 6.07) is 5.47. The summed E-state index contributed by atoms with van der Waals surface area (Å²) in [5.74, 6) is 0.676. The predicted molar refractivity (Wildman–Crippen MR) is 58.1 cm³/mol. The largest absolute Gasteiger partial charge is 0.493 e. The van der Waals surface area contributed by atoms with E-state index in [0.29, 0.717) is 18.1 Å². The second-order valence-corrected chi connectivity index (χ2v) is 4.12. The number of hydrogen-bond donors (Lipinski definition) is 1. The topological polar surface area (TPSA) is 52.3 Å². The Labute approximate surface area is 93.2 Å². The third-order valence-corrected chi connectivity index (χ3v) is 2.82. The molecule has 0 fully saturated rings. The van der Waals surface area contributed by atoms with E-state index in [4.69, 9.17) is 22.1 Å². The van der Waals surface area contributed by atoms with Crippen LogP contribution in [0, 0.1) is 0 Å². The highest BCUT2D eigenvalue weighted by Crippen LogP contribution is 2.37. The average Bonchev–Trinajstić information content (AvgIpc) is 2.18. The normalized spacial score (nSPS) is 19.1. The van der Waals surface area contributed by atoms with Gasteiger partial charge in [-0.1, -0.05) is 11.6 Å². The lowest BCUT2D eigenvalue weighted by atomic mass is 9.90. The first-order valence-electron chi connectivity index (χ1n) is 4.87. The molecule has 1 unspecified atom stereocenters. The first-order valence-corrected chi connectivity index (χ1v) is 5.25. The Kier molecular flexibility index (Phi) is 2.82. The quantitative estimate of drug-likeness (QED) is 0.838. The van der Waals surface area contributed by atoms with Gasteiger partial charge in [0.05, 0.1) is 6.61 Å². The van der Waals surface area contributed by atoms with Crippen molar-refractivity contribution < 1.29 is 9.53 Å². The summed E-state index contributed by atoms with van der Waals surface area (Å²) in [5.41, 5.74) is 6.20. The van der Waals surface area contributed by atoms with Gasteiger partial charge >= 0.3 is 0 Å². The zero-order valence-electron chi connectivity index (χ0n) is 8.20. The number of halogens is 1. The molecule has 1 atom stereocenters. The number of primary amides is 1. The molecule has 15 heavy (non-hydrogen) atoms. The molecule has 0 saturated heterocycles. The van der Waals surface area contributed by atoms with Crippen LogP contribution in [-0.4, -0.2) is 12.5 Å². The van der Waals surface area contributed by atoms with Gasteiger partial charge in [-0.2, -0.15) is 0 Å². The minimum atomic E-state index is -0.284. The second-order valence-electron chi connectivity index (χ2n) is 3.69. The highest BCUT2D eigenvalue weighted by molar-refractivity contribution is 6.30. The van der Waals surface area contributed by atoms with Gasteiger partial charge in [0.15, 0.2) is 0 Å². The molecule has 1 aliphatic rings. The van der Waals surface area contributed by atoms with Crippen molar-refractivity contribution >= 4 is 17.5 Å². The van der Waals surface area contributed by atoms with Crippen molar-refractivity contribution in [2.45, 2.75) is 18.8 Å². The van der Waals surface area contributed by atoms with E-state index in [2.05, 4.69) is 0 Å². The first kappa shape index (κ1) is 10.3. The van der Waals surface area contributed by atoms with E-state index < -0.39 is 0 Å². The predicted octanol–water partition coefficient (Wildman–Crippen LogP) is 2.08. The molecule has 2 rings (SSSR count). The molecule has 0 spiro atoms. The fourth-order valence-electron chi connectivity index (χ4n) is 1.89. The minimum absolute atomic E-state index is 0.143. The molecule has 0 aromatic heterocycles. The summed E-state index contributed by atoms with van der Waals surface area (Å²) in [4.78, 5) is 10.9. The number of ether oxygens (including phenoxy) is 1. The van der Waals surface area contributed by atoms with Gasteiger partial charge in [0.1, 0.15) is 5.75 Å². The van der Waals surface area contributed by atoms with Gasteiger partial charge in [-0.05, 0) is 36.1 Å². The number of amides is 1. The molecule has 2 N–H and O–H groups in total. The minimum Gasteiger partial charge on any atom is -0.493 e. The zero-order valence-corrected chi connectivity index (χ0v) is 8.96. The van der Waals surface area contributed by atoms with Crippen LogP contribution in [0.4, 0.5) is 0 Å². The molecule has 1 aliphatic heterocycles. The molecular formula is C11H12ClNO2. The molecule has 0 aliphatic carbocycles. The number of carbonyl (C=O) groups is 1. The third-order valence-electron chi connectivity index (χ3n) is 2.58. The summed E-state index contributed by atoms with van der Waals surface area (Å²) >= 11 is 5.91. The Bertz CT molecular complexity index is 392. The molecule has 1 heterocycles. The first-order chi connectivity index (χ1) is 7.16. The van der Waals surface area contributed by atoms with Crippen LogP contribution in [0.5, 0.6) is 5.75 Å². The third kappa shape index (κ3) is 2.23. The molecule has 0 bridgehead atoms. The molecule has 1 aromatic carbocycles. The van der Waals surface area contributed by atoms with Crippen LogP contribution in [0.1, 0.15) is 24.3 Å². The zero-order chi connectivity index (χ0) is 10.8. The van der Waals surface area contributed by atoms with Crippen LogP contribution in [0.25, 0.3) is 0 Å². The van der Waals surface area contributed by atoms with E-state index in [9.17, 15) is 4.79 Å². The van der Waals surface area contributed by atoms with Crippen LogP contribution in [-0.2, 0) is 4.79 Å². The Hall–Kier alpha value is -1.22. The van der Waals surface area contributed by atoms with Gasteiger partial charge in [0.25, 0.3) is 0 Å². The molecule has 1 aromatic rings. The van der Waals surface area contributed by atoms with Gasteiger partial charge in [0.2, 0.25) is 5.91 Å². The maximum atomic E-state index is 10.9. The smallest absolute Gasteiger partial charge is 0.218 e. The van der Waals surface area contributed by atoms with Crippen molar-refractivity contribution in [1.29, 1.82) is 0 Å². The second kappa shape index (κ2) is 4.11. The monoisotopic (exact) mass is 225 g/mol. The number of carbonyl (C=O) groups excluding carboxylic acids is 1. The lowest BCUT2D eigenvalue weighted by Gasteiger charge is -2.25. The fraction of sp³-hybridized carbons (Fsp3) is 0.364. The summed E-state index contributed by atoms with van der Waals surface area (Å²) in [6.07, 6.45) is 1.17. The average molecular weight is 226 g/mol. The summed E-state index contributed by atoms with van der Waals surface area (Å²) in [6.45, 7) is 0.632. The Balaban J connectivity index is 2.32. The van der Waals surface area contributed by atoms with Gasteiger partial charge in [-0.15, -0.1) is 0 Å². The molecule has 80 valence electrons. The van der Waals surface area contributed by atoms with Gasteiger partial charge < -0.3 is 10.5 Å². The van der Waals surface area contributed by atoms with Crippen LogP contribution in [0.3, 0.4) is 0 Å². The van der Waals surface area contributed by atoms with E-state index in [-0.39, 0.29) is 11.8 Å². The van der Waals surface area contributed by atoms with Crippen molar-refractivity contribution in [2.75, 3.05) is 6.61 Å². The van der Waals surface area contributed by atoms with Gasteiger partial charge in [-0.25, -0.2) is 0 Å². The molecule has 1 amide bonds. The Morgan fingerprint density at radius 3 is 3.13 bits per heavy atom. The van der Waals surface area contributed by atoms with E-state index in [1.807, 2.05) is 12.1 Å². The van der Waals surface area contributed by atoms with Gasteiger partial charge in [-0.3, -0.25) is 4.79 Å². The summed E-state index contributed by atoms with van der Waals surface area (Å²) in [5, 5.41) is 0.661. The van der Waals surface area contributed by atoms with E-state index in [1.54, 1.807) is 6.07 Å². The van der Waals surface area contributed by atoms with E-state index in [1.165, 1.54) is 0 Å². The van der Waals surface area contributed by atoms with Crippen molar-refractivity contribution in [2.24, 2.45) is 5.73 Å². The van der Waals surface area contributed by atoms with Crippen LogP contribution in [0.15, 0.2) is 18.2 Å². The lowest BCUT2D eigenvalue weighted by Crippen LogP contribution is -2.20. The molecule has 0 saturated carbocycles. The maximum Gasteiger partial charge on any atom is 0.218 e. The van der Waals surface area contributed by atoms with Crippen molar-refractivity contribution in [3.8, 4) is 5.75 Å². The maximum absolute atomic E-state index is 10.9. The van der Waals surface area contributed by atoms with E-state index in [0.717, 1.165) is 17.7 Å².